The van der Waals surface area contributed by atoms with Gasteiger partial charge in [0, 0.05) is 6.42 Å². The van der Waals surface area contributed by atoms with Crippen LogP contribution in [-0.2, 0) is 9.59 Å². The van der Waals surface area contributed by atoms with Crippen LogP contribution in [0.5, 0.6) is 0 Å². The lowest BCUT2D eigenvalue weighted by Gasteiger charge is -2.01. The maximum absolute atomic E-state index is 10.8. The Morgan fingerprint density at radius 3 is 1.93 bits per heavy atom. The van der Waals surface area contributed by atoms with E-state index in [-0.39, 0.29) is 12.2 Å². The minimum Gasteiger partial charge on any atom is -0.481 e. The van der Waals surface area contributed by atoms with E-state index in [1.807, 2.05) is 0 Å². The van der Waals surface area contributed by atoms with Crippen molar-refractivity contribution in [1.82, 2.24) is 0 Å². The number of aliphatic carboxylic acids is 1. The fourth-order valence-electron chi connectivity index (χ4n) is 1.32. The fraction of sp³-hybridized carbons (Fsp3) is 0.667. The van der Waals surface area contributed by atoms with Crippen molar-refractivity contribution in [1.29, 1.82) is 0 Å². The second-order valence-corrected chi connectivity index (χ2v) is 3.82. The molecule has 0 aromatic carbocycles. The monoisotopic (exact) mass is 212 g/mol. The molecule has 86 valence electrons. The number of Topliss-reactive ketones (excluding diaryl/α,β-unsaturated/α-hetero) is 1. The van der Waals surface area contributed by atoms with Crippen molar-refractivity contribution in [3.05, 3.63) is 12.2 Å². The summed E-state index contributed by atoms with van der Waals surface area (Å²) in [4.78, 5) is 21.0. The van der Waals surface area contributed by atoms with Gasteiger partial charge in [0.15, 0.2) is 5.78 Å². The van der Waals surface area contributed by atoms with E-state index in [2.05, 4.69) is 6.58 Å². The van der Waals surface area contributed by atoms with Crippen LogP contribution in [0.1, 0.15) is 51.9 Å². The Bertz CT molecular complexity index is 231. The summed E-state index contributed by atoms with van der Waals surface area (Å²) in [6.45, 7) is 5.22. The summed E-state index contributed by atoms with van der Waals surface area (Å²) in [6.07, 6.45) is 5.81. The molecule has 15 heavy (non-hydrogen) atoms. The predicted molar refractivity (Wildman–Crippen MR) is 59.8 cm³/mol. The van der Waals surface area contributed by atoms with Crippen molar-refractivity contribution in [2.24, 2.45) is 0 Å². The number of hydrogen-bond acceptors (Lipinski definition) is 2. The smallest absolute Gasteiger partial charge is 0.303 e. The third kappa shape index (κ3) is 9.19. The number of unbranched alkanes of at least 4 members (excludes halogenated alkanes) is 4. The lowest BCUT2D eigenvalue weighted by atomic mass is 10.0. The first-order valence-corrected chi connectivity index (χ1v) is 5.44. The highest BCUT2D eigenvalue weighted by Gasteiger charge is 2.00. The third-order valence-electron chi connectivity index (χ3n) is 2.37. The zero-order valence-electron chi connectivity index (χ0n) is 9.42. The van der Waals surface area contributed by atoms with Crippen LogP contribution >= 0.6 is 0 Å². The molecule has 0 saturated heterocycles. The molecular weight excluding hydrogens is 192 g/mol. The van der Waals surface area contributed by atoms with Gasteiger partial charge in [-0.25, -0.2) is 0 Å². The maximum Gasteiger partial charge on any atom is 0.303 e. The van der Waals surface area contributed by atoms with Crippen molar-refractivity contribution in [3.63, 3.8) is 0 Å². The molecule has 3 heteroatoms. The molecule has 0 amide bonds. The van der Waals surface area contributed by atoms with Crippen molar-refractivity contribution >= 4 is 11.8 Å². The molecule has 0 aromatic rings. The fourth-order valence-corrected chi connectivity index (χ4v) is 1.32. The number of allylic oxidation sites excluding steroid dienone is 1. The second-order valence-electron chi connectivity index (χ2n) is 3.82. The van der Waals surface area contributed by atoms with Gasteiger partial charge in [-0.05, 0) is 31.8 Å². The van der Waals surface area contributed by atoms with Crippen molar-refractivity contribution in [2.75, 3.05) is 0 Å². The van der Waals surface area contributed by atoms with E-state index in [1.54, 1.807) is 0 Å². The number of carbonyl (C=O) groups is 2. The van der Waals surface area contributed by atoms with Crippen LogP contribution in [0.3, 0.4) is 0 Å². The van der Waals surface area contributed by atoms with Crippen LogP contribution in [0, 0.1) is 0 Å². The quantitative estimate of drug-likeness (QED) is 0.472. The molecule has 0 bridgehead atoms. The van der Waals surface area contributed by atoms with Crippen molar-refractivity contribution in [2.45, 2.75) is 51.9 Å². The van der Waals surface area contributed by atoms with E-state index in [0.717, 1.165) is 38.5 Å². The van der Waals surface area contributed by atoms with E-state index in [0.29, 0.717) is 5.57 Å². The average molecular weight is 212 g/mol. The molecule has 0 aliphatic heterocycles. The molecule has 0 unspecified atom stereocenters. The summed E-state index contributed by atoms with van der Waals surface area (Å²) in [5.41, 5.74) is 0.695. The summed E-state index contributed by atoms with van der Waals surface area (Å²) in [5.74, 6) is -0.652. The van der Waals surface area contributed by atoms with Gasteiger partial charge in [0.2, 0.25) is 0 Å². The standard InChI is InChI=1S/C12H20O3/c1-10(11(2)13)8-6-4-3-5-7-9-12(14)15/h1,3-9H2,2H3,(H,14,15). The van der Waals surface area contributed by atoms with Crippen molar-refractivity contribution < 1.29 is 14.7 Å². The lowest BCUT2D eigenvalue weighted by molar-refractivity contribution is -0.137. The van der Waals surface area contributed by atoms with Gasteiger partial charge >= 0.3 is 5.97 Å². The number of ketones is 1. The summed E-state index contributed by atoms with van der Waals surface area (Å²) < 4.78 is 0. The molecule has 1 N–H and O–H groups in total. The molecule has 0 aromatic heterocycles. The molecule has 0 spiro atoms. The minimum atomic E-state index is -0.722. The molecule has 0 atom stereocenters. The molecule has 0 aliphatic rings. The third-order valence-corrected chi connectivity index (χ3v) is 2.37. The number of carboxylic acids is 1. The first kappa shape index (κ1) is 13.9. The van der Waals surface area contributed by atoms with Crippen LogP contribution in [0.2, 0.25) is 0 Å². The SMILES string of the molecule is C=C(CCCCCCCC(=O)O)C(C)=O. The highest BCUT2D eigenvalue weighted by Crippen LogP contribution is 2.11. The lowest BCUT2D eigenvalue weighted by Crippen LogP contribution is -1.95. The summed E-state index contributed by atoms with van der Waals surface area (Å²) in [7, 11) is 0. The largest absolute Gasteiger partial charge is 0.481 e. The van der Waals surface area contributed by atoms with E-state index < -0.39 is 5.97 Å². The molecule has 0 heterocycles. The molecule has 0 saturated carbocycles. The normalized spacial score (nSPS) is 9.93. The van der Waals surface area contributed by atoms with Crippen LogP contribution < -0.4 is 0 Å². The number of carboxylic acid groups (broad SMARTS) is 1. The van der Waals surface area contributed by atoms with E-state index in [4.69, 9.17) is 5.11 Å². The highest BCUT2D eigenvalue weighted by molar-refractivity contribution is 5.92. The van der Waals surface area contributed by atoms with Gasteiger partial charge in [-0.2, -0.15) is 0 Å². The van der Waals surface area contributed by atoms with Gasteiger partial charge in [-0.1, -0.05) is 25.8 Å². The Morgan fingerprint density at radius 2 is 1.47 bits per heavy atom. The van der Waals surface area contributed by atoms with Gasteiger partial charge in [0.25, 0.3) is 0 Å². The number of hydrogen-bond donors (Lipinski definition) is 1. The number of rotatable bonds is 9. The predicted octanol–water partition coefficient (Wildman–Crippen LogP) is 2.95. The van der Waals surface area contributed by atoms with Gasteiger partial charge in [0.05, 0.1) is 0 Å². The minimum absolute atomic E-state index is 0.0703. The summed E-state index contributed by atoms with van der Waals surface area (Å²) >= 11 is 0. The first-order chi connectivity index (χ1) is 7.04. The Morgan fingerprint density at radius 1 is 1.00 bits per heavy atom. The molecular formula is C12H20O3. The molecule has 0 aliphatic carbocycles. The van der Waals surface area contributed by atoms with Crippen LogP contribution in [-0.4, -0.2) is 16.9 Å². The summed E-state index contributed by atoms with van der Waals surface area (Å²) in [6, 6.07) is 0. The Balaban J connectivity index is 3.22. The average Bonchev–Trinajstić information content (AvgIpc) is 2.15. The molecule has 3 nitrogen and oxygen atoms in total. The zero-order valence-corrected chi connectivity index (χ0v) is 9.42. The van der Waals surface area contributed by atoms with E-state index in [1.165, 1.54) is 6.92 Å². The van der Waals surface area contributed by atoms with E-state index >= 15 is 0 Å². The van der Waals surface area contributed by atoms with Crippen molar-refractivity contribution in [3.8, 4) is 0 Å². The topological polar surface area (TPSA) is 54.4 Å². The molecule has 0 radical (unpaired) electrons. The Labute approximate surface area is 91.2 Å². The summed E-state index contributed by atoms with van der Waals surface area (Å²) in [5, 5.41) is 8.40. The molecule has 0 rings (SSSR count). The number of carbonyl (C=O) groups excluding carboxylic acids is 1. The first-order valence-electron chi connectivity index (χ1n) is 5.44. The highest BCUT2D eigenvalue weighted by atomic mass is 16.4. The van der Waals surface area contributed by atoms with Crippen LogP contribution in [0.15, 0.2) is 12.2 Å². The Hall–Kier alpha value is -1.12. The van der Waals surface area contributed by atoms with E-state index in [9.17, 15) is 9.59 Å². The van der Waals surface area contributed by atoms with Crippen LogP contribution in [0.25, 0.3) is 0 Å². The molecule has 0 fully saturated rings. The van der Waals surface area contributed by atoms with Gasteiger partial charge in [-0.3, -0.25) is 9.59 Å². The van der Waals surface area contributed by atoms with Gasteiger partial charge in [-0.15, -0.1) is 0 Å². The second kappa shape index (κ2) is 8.21. The maximum atomic E-state index is 10.8. The van der Waals surface area contributed by atoms with Crippen LogP contribution in [0.4, 0.5) is 0 Å². The van der Waals surface area contributed by atoms with Gasteiger partial charge < -0.3 is 5.11 Å². The Kier molecular flexibility index (Phi) is 7.60. The zero-order chi connectivity index (χ0) is 11.7. The van der Waals surface area contributed by atoms with Gasteiger partial charge in [0.1, 0.15) is 0 Å².